The van der Waals surface area contributed by atoms with Crippen LogP contribution in [0.4, 0.5) is 0 Å². The fraction of sp³-hybridized carbons (Fsp3) is 0.231. The van der Waals surface area contributed by atoms with Crippen molar-refractivity contribution < 1.29 is 45.7 Å². The van der Waals surface area contributed by atoms with E-state index in [2.05, 4.69) is 101 Å². The molecule has 0 aromatic heterocycles. The Labute approximate surface area is 202 Å². The van der Waals surface area contributed by atoms with Gasteiger partial charge in [-0.2, -0.15) is 0 Å². The Morgan fingerprint density at radius 1 is 0.600 bits per heavy atom. The minimum absolute atomic E-state index is 0. The van der Waals surface area contributed by atoms with E-state index < -0.39 is 26.8 Å². The fourth-order valence-corrected chi connectivity index (χ4v) is 29.8. The largest absolute Gasteiger partial charge is 1.00 e. The molecule has 2 aliphatic rings. The second kappa shape index (κ2) is 11.1. The van der Waals surface area contributed by atoms with E-state index in [-0.39, 0.29) is 24.8 Å². The molecule has 0 nitrogen and oxygen atoms in total. The molecule has 0 saturated heterocycles. The summed E-state index contributed by atoms with van der Waals surface area (Å²) in [6.07, 6.45) is 7.37. The zero-order chi connectivity index (χ0) is 19.7. The third-order valence-electron chi connectivity index (χ3n) is 6.52. The van der Waals surface area contributed by atoms with E-state index >= 15 is 0 Å². The molecule has 30 heavy (non-hydrogen) atoms. The minimum atomic E-state index is -2.08. The van der Waals surface area contributed by atoms with E-state index in [1.54, 1.807) is 21.5 Å². The summed E-state index contributed by atoms with van der Waals surface area (Å²) in [7, 11) is 0. The SMILES string of the molecule is CC1=CC[C]([Zr+2]([C]2=C(C)C(C)=CC2)[SiH](c2ccccc2)c2ccccc2)=C1C.[Cl-].[Cl-]. The van der Waals surface area contributed by atoms with Crippen molar-refractivity contribution in [1.82, 2.24) is 0 Å². The summed E-state index contributed by atoms with van der Waals surface area (Å²) in [4.78, 5) is 0. The quantitative estimate of drug-likeness (QED) is 0.453. The van der Waals surface area contributed by atoms with Crippen LogP contribution < -0.4 is 35.2 Å². The van der Waals surface area contributed by atoms with Gasteiger partial charge in [0.25, 0.3) is 0 Å². The van der Waals surface area contributed by atoms with Crippen molar-refractivity contribution in [2.45, 2.75) is 40.5 Å². The van der Waals surface area contributed by atoms with Gasteiger partial charge in [-0.05, 0) is 0 Å². The zero-order valence-electron chi connectivity index (χ0n) is 18.2. The van der Waals surface area contributed by atoms with E-state index in [4.69, 9.17) is 0 Å². The van der Waals surface area contributed by atoms with E-state index in [1.807, 2.05) is 6.56 Å². The van der Waals surface area contributed by atoms with Crippen molar-refractivity contribution in [3.8, 4) is 0 Å². The van der Waals surface area contributed by atoms with E-state index in [0.717, 1.165) is 0 Å². The fourth-order valence-electron chi connectivity index (χ4n) is 4.57. The van der Waals surface area contributed by atoms with Crippen molar-refractivity contribution >= 4 is 16.3 Å². The normalized spacial score (nSPS) is 15.6. The van der Waals surface area contributed by atoms with Crippen molar-refractivity contribution in [3.05, 3.63) is 102 Å². The summed E-state index contributed by atoms with van der Waals surface area (Å²) in [6, 6.07) is 23.0. The van der Waals surface area contributed by atoms with Gasteiger partial charge in [-0.15, -0.1) is 0 Å². The van der Waals surface area contributed by atoms with Gasteiger partial charge in [-0.1, -0.05) is 0 Å². The van der Waals surface area contributed by atoms with Crippen molar-refractivity contribution in [2.75, 3.05) is 0 Å². The molecule has 0 aliphatic heterocycles. The van der Waals surface area contributed by atoms with E-state index in [1.165, 1.54) is 24.0 Å². The summed E-state index contributed by atoms with van der Waals surface area (Å²) < 4.78 is 3.73. The van der Waals surface area contributed by atoms with Gasteiger partial charge in [0.05, 0.1) is 0 Å². The molecule has 0 spiro atoms. The smallest absolute Gasteiger partial charge is 1.00 e. The Morgan fingerprint density at radius 2 is 0.967 bits per heavy atom. The van der Waals surface area contributed by atoms with Gasteiger partial charge in [0.1, 0.15) is 0 Å². The number of hydrogen-bond acceptors (Lipinski definition) is 0. The predicted molar refractivity (Wildman–Crippen MR) is 121 cm³/mol. The van der Waals surface area contributed by atoms with Crippen molar-refractivity contribution in [2.24, 2.45) is 0 Å². The summed E-state index contributed by atoms with van der Waals surface area (Å²) in [6.45, 7) is 9.40. The molecule has 2 aromatic rings. The first-order chi connectivity index (χ1) is 13.6. The first-order valence-electron chi connectivity index (χ1n) is 10.3. The second-order valence-corrected chi connectivity index (χ2v) is 22.9. The Hall–Kier alpha value is -0.920. The molecule has 0 bridgehead atoms. The van der Waals surface area contributed by atoms with Gasteiger partial charge >= 0.3 is 179 Å². The van der Waals surface area contributed by atoms with Crippen LogP contribution in [0.5, 0.6) is 0 Å². The van der Waals surface area contributed by atoms with Gasteiger partial charge in [0.15, 0.2) is 0 Å². The molecular weight excluding hydrogens is 503 g/mol. The number of hydrogen-bond donors (Lipinski definition) is 0. The first-order valence-corrected chi connectivity index (χ1v) is 18.7. The molecule has 2 aromatic carbocycles. The average Bonchev–Trinajstić information content (AvgIpc) is 3.23. The molecule has 155 valence electrons. The number of allylic oxidation sites excluding steroid dienone is 8. The molecule has 0 unspecified atom stereocenters. The molecule has 0 N–H and O–H groups in total. The van der Waals surface area contributed by atoms with Gasteiger partial charge in [0, 0.05) is 0 Å². The van der Waals surface area contributed by atoms with Crippen LogP contribution in [-0.2, 0) is 20.9 Å². The minimum Gasteiger partial charge on any atom is -1.00 e. The van der Waals surface area contributed by atoms with E-state index in [9.17, 15) is 0 Å². The van der Waals surface area contributed by atoms with Crippen LogP contribution in [0.1, 0.15) is 40.5 Å². The Balaban J connectivity index is 0.00000160. The average molecular weight is 532 g/mol. The van der Waals surface area contributed by atoms with Crippen LogP contribution in [-0.4, -0.2) is 5.92 Å². The maximum absolute atomic E-state index is 2.48. The molecule has 4 heteroatoms. The summed E-state index contributed by atoms with van der Waals surface area (Å²) in [5.41, 5.74) is 6.26. The molecule has 0 atom stereocenters. The molecule has 0 radical (unpaired) electrons. The Kier molecular flexibility index (Phi) is 9.37. The van der Waals surface area contributed by atoms with Gasteiger partial charge in [0.2, 0.25) is 0 Å². The molecule has 0 amide bonds. The molecule has 2 aliphatic carbocycles. The molecule has 0 saturated carbocycles. The van der Waals surface area contributed by atoms with Crippen molar-refractivity contribution in [1.29, 1.82) is 0 Å². The van der Waals surface area contributed by atoms with Crippen LogP contribution in [0.3, 0.4) is 0 Å². The number of benzene rings is 2. The van der Waals surface area contributed by atoms with Crippen LogP contribution in [0.15, 0.2) is 102 Å². The van der Waals surface area contributed by atoms with Gasteiger partial charge in [-0.25, -0.2) is 0 Å². The van der Waals surface area contributed by atoms with Crippen LogP contribution in [0.2, 0.25) is 0 Å². The molecule has 0 fully saturated rings. The number of halogens is 2. The number of rotatable bonds is 5. The Bertz CT molecular complexity index is 922. The summed E-state index contributed by atoms with van der Waals surface area (Å²) in [5.74, 6) is -1.29. The van der Waals surface area contributed by atoms with Crippen LogP contribution in [0, 0.1) is 0 Å². The molecular formula is C26H29Cl2SiZr. The second-order valence-electron chi connectivity index (χ2n) is 8.06. The Morgan fingerprint density at radius 3 is 1.27 bits per heavy atom. The maximum Gasteiger partial charge on any atom is -1.00 e. The standard InChI is InChI=1S/C12H11Si.2C7H9.2ClH.Zr/c1-3-7-11(8-4-1)13-12-9-5-2-6-10-12;2*1-6-4-3-5-7(6)2;;;/h1-10,13H;2*4H,3H2,1-2H3;2*1H;/q;;;;;+2/p-2. The summed E-state index contributed by atoms with van der Waals surface area (Å²) >= 11 is -2.08. The van der Waals surface area contributed by atoms with Gasteiger partial charge < -0.3 is 24.8 Å². The predicted octanol–water partition coefficient (Wildman–Crippen LogP) is -0.601. The van der Waals surface area contributed by atoms with Crippen LogP contribution >= 0.6 is 0 Å². The third kappa shape index (κ3) is 4.94. The third-order valence-corrected chi connectivity index (χ3v) is 28.5. The van der Waals surface area contributed by atoms with Crippen LogP contribution in [0.25, 0.3) is 0 Å². The van der Waals surface area contributed by atoms with Crippen molar-refractivity contribution in [3.63, 3.8) is 0 Å². The maximum atomic E-state index is 2.48. The first kappa shape index (κ1) is 25.3. The van der Waals surface area contributed by atoms with E-state index in [0.29, 0.717) is 0 Å². The topological polar surface area (TPSA) is 0 Å². The summed E-state index contributed by atoms with van der Waals surface area (Å²) in [5, 5.41) is 3.27. The zero-order valence-corrected chi connectivity index (χ0v) is 23.3. The monoisotopic (exact) mass is 529 g/mol. The van der Waals surface area contributed by atoms with Gasteiger partial charge in [-0.3, -0.25) is 0 Å². The molecule has 4 rings (SSSR count). The molecule has 0 heterocycles.